The van der Waals surface area contributed by atoms with Crippen LogP contribution in [0.15, 0.2) is 57.6 Å². The van der Waals surface area contributed by atoms with Crippen molar-refractivity contribution in [1.82, 2.24) is 24.6 Å². The highest BCUT2D eigenvalue weighted by molar-refractivity contribution is 7.98. The maximum atomic E-state index is 13.4. The summed E-state index contributed by atoms with van der Waals surface area (Å²) < 4.78 is 20.8. The molecule has 31 heavy (non-hydrogen) atoms. The molecule has 1 fully saturated rings. The molecule has 0 saturated carbocycles. The number of amides is 1. The number of carbonyl (C=O) groups is 1. The number of thioether (sulfide) groups is 1. The zero-order valence-corrected chi connectivity index (χ0v) is 18.0. The van der Waals surface area contributed by atoms with Crippen LogP contribution in [0.2, 0.25) is 0 Å². The zero-order valence-electron chi connectivity index (χ0n) is 16.4. The van der Waals surface area contributed by atoms with Crippen molar-refractivity contribution in [1.29, 1.82) is 0 Å². The molecule has 3 aromatic heterocycles. The first-order chi connectivity index (χ1) is 15.2. The predicted octanol–water partition coefficient (Wildman–Crippen LogP) is 4.65. The molecule has 158 valence electrons. The Hall–Kier alpha value is -2.98. The summed E-state index contributed by atoms with van der Waals surface area (Å²) in [5, 5.41) is 11.9. The molecule has 0 atom stereocenters. The van der Waals surface area contributed by atoms with Gasteiger partial charge in [-0.3, -0.25) is 9.36 Å². The number of carbonyl (C=O) groups excluding carboxylic acids is 1. The first-order valence-electron chi connectivity index (χ1n) is 9.81. The summed E-state index contributed by atoms with van der Waals surface area (Å²) in [4.78, 5) is 18.9. The summed E-state index contributed by atoms with van der Waals surface area (Å²) in [6.07, 6.45) is 3.67. The van der Waals surface area contributed by atoms with Gasteiger partial charge in [0.05, 0.1) is 17.7 Å². The normalized spacial score (nSPS) is 13.8. The van der Waals surface area contributed by atoms with Crippen LogP contribution in [-0.4, -0.2) is 43.6 Å². The molecule has 0 spiro atoms. The highest BCUT2D eigenvalue weighted by Gasteiger charge is 2.22. The van der Waals surface area contributed by atoms with Gasteiger partial charge in [0.25, 0.3) is 5.91 Å². The molecule has 0 unspecified atom stereocenters. The third kappa shape index (κ3) is 4.13. The standard InChI is InChI=1S/C21H18FN5O2S2/c22-14-5-7-15(8-6-14)27-19(17-4-3-11-29-17)24-25-21(27)31-13-18-23-16(12-30-18)20(28)26-9-1-2-10-26/h3-8,11-12H,1-2,9-10,13H2. The molecule has 1 aliphatic heterocycles. The molecule has 1 aromatic carbocycles. The molecule has 1 amide bonds. The van der Waals surface area contributed by atoms with Crippen molar-refractivity contribution in [3.8, 4) is 17.3 Å². The second-order valence-corrected chi connectivity index (χ2v) is 8.89. The Morgan fingerprint density at radius 2 is 1.97 bits per heavy atom. The van der Waals surface area contributed by atoms with Gasteiger partial charge >= 0.3 is 0 Å². The van der Waals surface area contributed by atoms with E-state index in [4.69, 9.17) is 4.42 Å². The average molecular weight is 456 g/mol. The van der Waals surface area contributed by atoms with Crippen molar-refractivity contribution in [3.63, 3.8) is 0 Å². The lowest BCUT2D eigenvalue weighted by atomic mass is 10.3. The summed E-state index contributed by atoms with van der Waals surface area (Å²) in [5.41, 5.74) is 1.23. The van der Waals surface area contributed by atoms with Crippen LogP contribution in [0.5, 0.6) is 0 Å². The number of nitrogens with zero attached hydrogens (tertiary/aromatic N) is 5. The van der Waals surface area contributed by atoms with E-state index >= 15 is 0 Å². The number of hydrogen-bond donors (Lipinski definition) is 0. The maximum absolute atomic E-state index is 13.4. The zero-order chi connectivity index (χ0) is 21.2. The second kappa shape index (κ2) is 8.64. The lowest BCUT2D eigenvalue weighted by Crippen LogP contribution is -2.27. The third-order valence-corrected chi connectivity index (χ3v) is 6.92. The van der Waals surface area contributed by atoms with Crippen molar-refractivity contribution >= 4 is 29.0 Å². The number of hydrogen-bond acceptors (Lipinski definition) is 7. The van der Waals surface area contributed by atoms with Crippen molar-refractivity contribution in [2.45, 2.75) is 23.8 Å². The van der Waals surface area contributed by atoms with E-state index in [2.05, 4.69) is 15.2 Å². The summed E-state index contributed by atoms with van der Waals surface area (Å²) in [5.74, 6) is 1.32. The summed E-state index contributed by atoms with van der Waals surface area (Å²) >= 11 is 2.91. The van der Waals surface area contributed by atoms with E-state index in [1.807, 2.05) is 14.8 Å². The van der Waals surface area contributed by atoms with E-state index in [0.29, 0.717) is 28.2 Å². The summed E-state index contributed by atoms with van der Waals surface area (Å²) in [6.45, 7) is 1.60. The van der Waals surface area contributed by atoms with E-state index < -0.39 is 0 Å². The van der Waals surface area contributed by atoms with Crippen molar-refractivity contribution in [2.75, 3.05) is 13.1 Å². The second-order valence-electron chi connectivity index (χ2n) is 7.01. The van der Waals surface area contributed by atoms with E-state index in [-0.39, 0.29) is 11.7 Å². The molecule has 4 heterocycles. The van der Waals surface area contributed by atoms with Gasteiger partial charge in [0.2, 0.25) is 5.82 Å². The Morgan fingerprint density at radius 1 is 1.16 bits per heavy atom. The lowest BCUT2D eigenvalue weighted by molar-refractivity contribution is 0.0787. The van der Waals surface area contributed by atoms with Gasteiger partial charge in [-0.15, -0.1) is 21.5 Å². The van der Waals surface area contributed by atoms with Crippen LogP contribution >= 0.6 is 23.1 Å². The van der Waals surface area contributed by atoms with E-state index in [0.717, 1.165) is 36.6 Å². The Bertz CT molecular complexity index is 1180. The fraction of sp³-hybridized carbons (Fsp3) is 0.238. The topological polar surface area (TPSA) is 77.0 Å². The number of halogens is 1. The van der Waals surface area contributed by atoms with Gasteiger partial charge in [0.1, 0.15) is 16.5 Å². The third-order valence-electron chi connectivity index (χ3n) is 4.95. The van der Waals surface area contributed by atoms with Crippen LogP contribution in [0.4, 0.5) is 4.39 Å². The Balaban J connectivity index is 1.38. The molecular formula is C21H18FN5O2S2. The minimum absolute atomic E-state index is 0.000385. The molecule has 4 aromatic rings. The van der Waals surface area contributed by atoms with E-state index in [9.17, 15) is 9.18 Å². The highest BCUT2D eigenvalue weighted by atomic mass is 32.2. The SMILES string of the molecule is O=C(c1csc(CSc2nnc(-c3ccco3)n2-c2ccc(F)cc2)n1)N1CCCC1. The predicted molar refractivity (Wildman–Crippen MR) is 116 cm³/mol. The van der Waals surface area contributed by atoms with Crippen LogP contribution in [0, 0.1) is 5.82 Å². The quantitative estimate of drug-likeness (QED) is 0.394. The van der Waals surface area contributed by atoms with E-state index in [1.165, 1.54) is 35.2 Å². The van der Waals surface area contributed by atoms with Gasteiger partial charge in [0.15, 0.2) is 10.9 Å². The molecule has 1 saturated heterocycles. The molecule has 0 bridgehead atoms. The molecular weight excluding hydrogens is 437 g/mol. The summed E-state index contributed by atoms with van der Waals surface area (Å²) in [6, 6.07) is 9.71. The number of furan rings is 1. The monoisotopic (exact) mass is 455 g/mol. The van der Waals surface area contributed by atoms with Crippen molar-refractivity contribution < 1.29 is 13.6 Å². The Labute approximate surface area is 185 Å². The minimum atomic E-state index is -0.316. The lowest BCUT2D eigenvalue weighted by Gasteiger charge is -2.12. The van der Waals surface area contributed by atoms with Crippen molar-refractivity contribution in [2.24, 2.45) is 0 Å². The van der Waals surface area contributed by atoms with Gasteiger partial charge in [0, 0.05) is 18.5 Å². The van der Waals surface area contributed by atoms with Gasteiger partial charge in [-0.2, -0.15) is 0 Å². The van der Waals surface area contributed by atoms with Gasteiger partial charge in [-0.05, 0) is 49.2 Å². The first kappa shape index (κ1) is 20.0. The van der Waals surface area contributed by atoms with Crippen LogP contribution in [-0.2, 0) is 5.75 Å². The smallest absolute Gasteiger partial charge is 0.273 e. The van der Waals surface area contributed by atoms with Crippen molar-refractivity contribution in [3.05, 3.63) is 64.6 Å². The number of thiazole rings is 1. The minimum Gasteiger partial charge on any atom is -0.461 e. The number of aromatic nitrogens is 4. The highest BCUT2D eigenvalue weighted by Crippen LogP contribution is 2.31. The maximum Gasteiger partial charge on any atom is 0.273 e. The van der Waals surface area contributed by atoms with Gasteiger partial charge in [-0.25, -0.2) is 9.37 Å². The molecule has 0 N–H and O–H groups in total. The number of likely N-dealkylation sites (tertiary alicyclic amines) is 1. The van der Waals surface area contributed by atoms with Crippen LogP contribution < -0.4 is 0 Å². The van der Waals surface area contributed by atoms with Gasteiger partial charge < -0.3 is 9.32 Å². The Morgan fingerprint density at radius 3 is 2.71 bits per heavy atom. The van der Waals surface area contributed by atoms with E-state index in [1.54, 1.807) is 30.5 Å². The van der Waals surface area contributed by atoms with Crippen LogP contribution in [0.1, 0.15) is 28.3 Å². The molecule has 5 rings (SSSR count). The molecule has 0 radical (unpaired) electrons. The molecule has 10 heteroatoms. The average Bonchev–Trinajstić information content (AvgIpc) is 3.59. The molecule has 0 aliphatic carbocycles. The van der Waals surface area contributed by atoms with Crippen LogP contribution in [0.3, 0.4) is 0 Å². The molecule has 1 aliphatic rings. The fourth-order valence-electron chi connectivity index (χ4n) is 3.44. The van der Waals surface area contributed by atoms with Crippen LogP contribution in [0.25, 0.3) is 17.3 Å². The fourth-order valence-corrected chi connectivity index (χ4v) is 5.17. The Kier molecular flexibility index (Phi) is 5.56. The first-order valence-corrected chi connectivity index (χ1v) is 11.7. The number of rotatable bonds is 6. The number of benzene rings is 1. The molecule has 7 nitrogen and oxygen atoms in total. The summed E-state index contributed by atoms with van der Waals surface area (Å²) in [7, 11) is 0. The van der Waals surface area contributed by atoms with Gasteiger partial charge in [-0.1, -0.05) is 11.8 Å². The largest absolute Gasteiger partial charge is 0.461 e.